The molecule has 0 bridgehead atoms. The Labute approximate surface area is 110 Å². The zero-order valence-corrected chi connectivity index (χ0v) is 10.2. The van der Waals surface area contributed by atoms with Gasteiger partial charge < -0.3 is 15.7 Å². The van der Waals surface area contributed by atoms with Gasteiger partial charge >= 0.3 is 0 Å². The number of anilines is 2. The monoisotopic (exact) mass is 255 g/mol. The molecule has 19 heavy (non-hydrogen) atoms. The smallest absolute Gasteiger partial charge is 0.262 e. The van der Waals surface area contributed by atoms with E-state index in [4.69, 9.17) is 5.73 Å². The number of nitrogen functional groups attached to an aromatic ring is 1. The molecule has 0 saturated carbocycles. The van der Waals surface area contributed by atoms with Crippen molar-refractivity contribution in [1.29, 1.82) is 0 Å². The molecule has 2 aromatic rings. The van der Waals surface area contributed by atoms with E-state index >= 15 is 0 Å². The maximum atomic E-state index is 12.4. The number of pyridine rings is 1. The lowest BCUT2D eigenvalue weighted by molar-refractivity contribution is 0.0986. The molecular formula is C14H13N3O2. The van der Waals surface area contributed by atoms with E-state index in [0.717, 1.165) is 17.7 Å². The first-order valence-electron chi connectivity index (χ1n) is 6.00. The van der Waals surface area contributed by atoms with Gasteiger partial charge in [-0.2, -0.15) is 0 Å². The highest BCUT2D eigenvalue weighted by atomic mass is 16.3. The number of fused-ring (bicyclic) bond motifs is 1. The molecule has 1 amide bonds. The van der Waals surface area contributed by atoms with Crippen molar-refractivity contribution in [2.75, 3.05) is 17.2 Å². The van der Waals surface area contributed by atoms with E-state index in [1.807, 2.05) is 12.1 Å². The van der Waals surface area contributed by atoms with Gasteiger partial charge in [0.05, 0.1) is 11.8 Å². The lowest BCUT2D eigenvalue weighted by atomic mass is 10.1. The second-order valence-corrected chi connectivity index (χ2v) is 4.49. The summed E-state index contributed by atoms with van der Waals surface area (Å²) in [5.74, 6) is -0.320. The summed E-state index contributed by atoms with van der Waals surface area (Å²) < 4.78 is 0. The lowest BCUT2D eigenvalue weighted by Gasteiger charge is -2.17. The van der Waals surface area contributed by atoms with Crippen LogP contribution < -0.4 is 10.6 Å². The summed E-state index contributed by atoms with van der Waals surface area (Å²) in [6, 6.07) is 7.02. The second kappa shape index (κ2) is 4.28. The van der Waals surface area contributed by atoms with Gasteiger partial charge in [-0.25, -0.2) is 0 Å². The van der Waals surface area contributed by atoms with Crippen molar-refractivity contribution in [2.24, 2.45) is 0 Å². The van der Waals surface area contributed by atoms with Crippen LogP contribution in [0.2, 0.25) is 0 Å². The van der Waals surface area contributed by atoms with E-state index in [1.165, 1.54) is 18.5 Å². The van der Waals surface area contributed by atoms with Gasteiger partial charge in [0, 0.05) is 24.1 Å². The minimum Gasteiger partial charge on any atom is -0.505 e. The highest BCUT2D eigenvalue weighted by Crippen LogP contribution is 2.31. The molecule has 0 atom stereocenters. The van der Waals surface area contributed by atoms with Crippen molar-refractivity contribution in [3.05, 3.63) is 47.8 Å². The predicted octanol–water partition coefficient (Wildman–Crippen LogP) is 1.57. The third-order valence-electron chi connectivity index (χ3n) is 3.27. The van der Waals surface area contributed by atoms with Crippen molar-refractivity contribution in [3.8, 4) is 5.75 Å². The van der Waals surface area contributed by atoms with E-state index in [0.29, 0.717) is 12.2 Å². The summed E-state index contributed by atoms with van der Waals surface area (Å²) >= 11 is 0. The van der Waals surface area contributed by atoms with Gasteiger partial charge in [-0.05, 0) is 36.2 Å². The minimum absolute atomic E-state index is 0.101. The number of aromatic nitrogens is 1. The predicted molar refractivity (Wildman–Crippen MR) is 72.1 cm³/mol. The van der Waals surface area contributed by atoms with Gasteiger partial charge in [-0.15, -0.1) is 0 Å². The molecule has 3 rings (SSSR count). The van der Waals surface area contributed by atoms with Crippen molar-refractivity contribution in [2.45, 2.75) is 6.42 Å². The topological polar surface area (TPSA) is 79.5 Å². The number of hydrogen-bond donors (Lipinski definition) is 2. The molecule has 0 aliphatic carbocycles. The van der Waals surface area contributed by atoms with Gasteiger partial charge in [0.2, 0.25) is 0 Å². The van der Waals surface area contributed by atoms with Crippen LogP contribution in [0.15, 0.2) is 36.7 Å². The normalized spacial score (nSPS) is 13.4. The van der Waals surface area contributed by atoms with E-state index in [2.05, 4.69) is 4.98 Å². The molecule has 96 valence electrons. The van der Waals surface area contributed by atoms with Crippen LogP contribution in [0.25, 0.3) is 0 Å². The Morgan fingerprint density at radius 2 is 2.21 bits per heavy atom. The molecule has 0 saturated heterocycles. The van der Waals surface area contributed by atoms with Gasteiger partial charge in [-0.1, -0.05) is 0 Å². The molecule has 1 aliphatic heterocycles. The molecule has 0 unspecified atom stereocenters. The number of carbonyl (C=O) groups is 1. The van der Waals surface area contributed by atoms with Crippen molar-refractivity contribution >= 4 is 17.3 Å². The van der Waals surface area contributed by atoms with Crippen LogP contribution in [0.3, 0.4) is 0 Å². The molecule has 0 fully saturated rings. The summed E-state index contributed by atoms with van der Waals surface area (Å²) in [4.78, 5) is 17.9. The summed E-state index contributed by atoms with van der Waals surface area (Å²) in [7, 11) is 0. The average molecular weight is 255 g/mol. The molecule has 1 aromatic heterocycles. The van der Waals surface area contributed by atoms with Crippen LogP contribution in [0.4, 0.5) is 11.4 Å². The standard InChI is InChI=1S/C14H13N3O2/c15-10-1-2-12-9(7-10)4-6-17(12)14(19)11-3-5-16-8-13(11)18/h1-3,5,7-8,18H,4,6,15H2. The Balaban J connectivity index is 1.98. The molecule has 0 radical (unpaired) electrons. The Kier molecular flexibility index (Phi) is 2.59. The number of benzene rings is 1. The molecule has 1 aromatic carbocycles. The number of amides is 1. The highest BCUT2D eigenvalue weighted by molar-refractivity contribution is 6.08. The van der Waals surface area contributed by atoms with E-state index in [9.17, 15) is 9.90 Å². The number of nitrogens with zero attached hydrogens (tertiary/aromatic N) is 2. The zero-order valence-electron chi connectivity index (χ0n) is 10.2. The van der Waals surface area contributed by atoms with Crippen LogP contribution >= 0.6 is 0 Å². The summed E-state index contributed by atoms with van der Waals surface area (Å²) in [6.45, 7) is 0.597. The van der Waals surface area contributed by atoms with E-state index in [1.54, 1.807) is 11.0 Å². The molecule has 5 heteroatoms. The number of carbonyl (C=O) groups excluding carboxylic acids is 1. The quantitative estimate of drug-likeness (QED) is 0.758. The minimum atomic E-state index is -0.219. The molecule has 1 aliphatic rings. The maximum Gasteiger partial charge on any atom is 0.262 e. The first-order chi connectivity index (χ1) is 9.16. The summed E-state index contributed by atoms with van der Waals surface area (Å²) in [6.07, 6.45) is 3.54. The summed E-state index contributed by atoms with van der Waals surface area (Å²) in [5, 5.41) is 9.70. The fourth-order valence-electron chi connectivity index (χ4n) is 2.35. The largest absolute Gasteiger partial charge is 0.505 e. The molecular weight excluding hydrogens is 242 g/mol. The summed E-state index contributed by atoms with van der Waals surface area (Å²) in [5.41, 5.74) is 8.61. The van der Waals surface area contributed by atoms with Crippen LogP contribution in [-0.2, 0) is 6.42 Å². The number of rotatable bonds is 1. The molecule has 5 nitrogen and oxygen atoms in total. The Bertz CT molecular complexity index is 655. The first-order valence-corrected chi connectivity index (χ1v) is 6.00. The van der Waals surface area contributed by atoms with Gasteiger partial charge in [-0.3, -0.25) is 9.78 Å². The van der Waals surface area contributed by atoms with Crippen LogP contribution in [0, 0.1) is 0 Å². The first kappa shape index (κ1) is 11.5. The Morgan fingerprint density at radius 1 is 1.37 bits per heavy atom. The number of nitrogens with two attached hydrogens (primary N) is 1. The highest BCUT2D eigenvalue weighted by Gasteiger charge is 2.27. The fraction of sp³-hybridized carbons (Fsp3) is 0.143. The third kappa shape index (κ3) is 1.89. The maximum absolute atomic E-state index is 12.4. The van der Waals surface area contributed by atoms with Crippen molar-refractivity contribution < 1.29 is 9.90 Å². The number of aromatic hydroxyl groups is 1. The molecule has 2 heterocycles. The Hall–Kier alpha value is -2.56. The molecule has 0 spiro atoms. The lowest BCUT2D eigenvalue weighted by Crippen LogP contribution is -2.28. The van der Waals surface area contributed by atoms with Crippen LogP contribution in [0.1, 0.15) is 15.9 Å². The van der Waals surface area contributed by atoms with Crippen molar-refractivity contribution in [3.63, 3.8) is 0 Å². The zero-order chi connectivity index (χ0) is 13.4. The SMILES string of the molecule is Nc1ccc2c(c1)CCN2C(=O)c1ccncc1O. The van der Waals surface area contributed by atoms with Crippen molar-refractivity contribution in [1.82, 2.24) is 4.98 Å². The molecule has 3 N–H and O–H groups in total. The Morgan fingerprint density at radius 3 is 3.00 bits per heavy atom. The van der Waals surface area contributed by atoms with Crippen LogP contribution in [-0.4, -0.2) is 22.5 Å². The van der Waals surface area contributed by atoms with Crippen LogP contribution in [0.5, 0.6) is 5.75 Å². The second-order valence-electron chi connectivity index (χ2n) is 4.49. The van der Waals surface area contributed by atoms with E-state index in [-0.39, 0.29) is 17.2 Å². The third-order valence-corrected chi connectivity index (χ3v) is 3.27. The fourth-order valence-corrected chi connectivity index (χ4v) is 2.35. The van der Waals surface area contributed by atoms with E-state index < -0.39 is 0 Å². The van der Waals surface area contributed by atoms with Gasteiger partial charge in [0.15, 0.2) is 0 Å². The van der Waals surface area contributed by atoms with Gasteiger partial charge in [0.1, 0.15) is 5.75 Å². The van der Waals surface area contributed by atoms with Gasteiger partial charge in [0.25, 0.3) is 5.91 Å². The number of hydrogen-bond acceptors (Lipinski definition) is 4. The average Bonchev–Trinajstić information content (AvgIpc) is 2.81.